The van der Waals surface area contributed by atoms with E-state index >= 15 is 0 Å². The lowest BCUT2D eigenvalue weighted by molar-refractivity contribution is 0.0811. The van der Waals surface area contributed by atoms with Gasteiger partial charge in [-0.25, -0.2) is 9.18 Å². The summed E-state index contributed by atoms with van der Waals surface area (Å²) in [5.74, 6) is -0.0378. The molecule has 3 rings (SSSR count). The third-order valence-electron chi connectivity index (χ3n) is 5.21. The number of likely N-dealkylation sites (tertiary alicyclic amines) is 1. The summed E-state index contributed by atoms with van der Waals surface area (Å²) in [5.41, 5.74) is 1.06. The van der Waals surface area contributed by atoms with Crippen molar-refractivity contribution in [2.24, 2.45) is 5.92 Å². The minimum absolute atomic E-state index is 0.0448. The fourth-order valence-corrected chi connectivity index (χ4v) is 3.77. The first-order valence-electron chi connectivity index (χ1n) is 8.83. The molecule has 2 aliphatic rings. The summed E-state index contributed by atoms with van der Waals surface area (Å²) in [6.07, 6.45) is 4.11. The minimum atomic E-state index is -0.305. The van der Waals surface area contributed by atoms with Crippen molar-refractivity contribution in [3.63, 3.8) is 0 Å². The van der Waals surface area contributed by atoms with E-state index in [0.29, 0.717) is 17.9 Å². The number of nitrogens with one attached hydrogen (secondary N) is 1. The molecule has 132 valence electrons. The van der Waals surface area contributed by atoms with E-state index in [4.69, 9.17) is 0 Å². The molecule has 2 amide bonds. The highest BCUT2D eigenvalue weighted by molar-refractivity contribution is 5.90. The number of aliphatic hydroxyl groups is 1. The maximum Gasteiger partial charge on any atom is 0.322 e. The van der Waals surface area contributed by atoms with Crippen LogP contribution in [0.25, 0.3) is 0 Å². The Morgan fingerprint density at radius 2 is 2.04 bits per heavy atom. The van der Waals surface area contributed by atoms with Gasteiger partial charge in [-0.05, 0) is 49.8 Å². The van der Waals surface area contributed by atoms with Crippen LogP contribution in [0, 0.1) is 11.7 Å². The Labute approximate surface area is 142 Å². The molecule has 5 nitrogen and oxygen atoms in total. The predicted octanol–water partition coefficient (Wildman–Crippen LogP) is 3.05. The van der Waals surface area contributed by atoms with E-state index in [0.717, 1.165) is 38.8 Å². The molecular weight excluding hydrogens is 309 g/mol. The van der Waals surface area contributed by atoms with Crippen LogP contribution in [0.5, 0.6) is 0 Å². The van der Waals surface area contributed by atoms with E-state index in [9.17, 15) is 14.3 Å². The molecule has 0 aliphatic carbocycles. The normalized spacial score (nSPS) is 24.3. The van der Waals surface area contributed by atoms with Crippen LogP contribution in [0.1, 0.15) is 32.6 Å². The van der Waals surface area contributed by atoms with Gasteiger partial charge in [-0.15, -0.1) is 0 Å². The molecule has 2 unspecified atom stereocenters. The molecule has 1 aromatic rings. The van der Waals surface area contributed by atoms with E-state index in [-0.39, 0.29) is 30.4 Å². The fraction of sp³-hybridized carbons (Fsp3) is 0.611. The van der Waals surface area contributed by atoms with Crippen LogP contribution in [0.2, 0.25) is 0 Å². The molecule has 2 N–H and O–H groups in total. The van der Waals surface area contributed by atoms with Crippen molar-refractivity contribution in [3.05, 3.63) is 24.0 Å². The second kappa shape index (κ2) is 7.38. The molecule has 6 heteroatoms. The van der Waals surface area contributed by atoms with Gasteiger partial charge < -0.3 is 20.2 Å². The van der Waals surface area contributed by atoms with Gasteiger partial charge in [0.25, 0.3) is 0 Å². The SMILES string of the molecule is CC1CCCN(C(=O)Nc2ccc(N3CCCC3)c(F)c2)C1CO. The standard InChI is InChI=1S/C18H26FN3O2/c1-13-5-4-10-22(17(13)12-23)18(24)20-14-6-7-16(15(19)11-14)21-8-2-3-9-21/h6-7,11,13,17,23H,2-5,8-10,12H2,1H3,(H,20,24). The van der Waals surface area contributed by atoms with Gasteiger partial charge in [0, 0.05) is 25.3 Å². The maximum absolute atomic E-state index is 14.4. The summed E-state index contributed by atoms with van der Waals surface area (Å²) < 4.78 is 14.4. The Balaban J connectivity index is 1.68. The summed E-state index contributed by atoms with van der Waals surface area (Å²) in [7, 11) is 0. The second-order valence-corrected chi connectivity index (χ2v) is 6.85. The number of urea groups is 1. The number of hydrogen-bond acceptors (Lipinski definition) is 3. The van der Waals surface area contributed by atoms with Gasteiger partial charge in [0.15, 0.2) is 0 Å². The summed E-state index contributed by atoms with van der Waals surface area (Å²) in [4.78, 5) is 16.2. The zero-order chi connectivity index (χ0) is 17.1. The molecule has 2 fully saturated rings. The molecule has 1 aromatic carbocycles. The van der Waals surface area contributed by atoms with Gasteiger partial charge in [0.05, 0.1) is 18.3 Å². The summed E-state index contributed by atoms with van der Waals surface area (Å²) in [6.45, 7) is 4.39. The van der Waals surface area contributed by atoms with Crippen LogP contribution in [-0.2, 0) is 0 Å². The predicted molar refractivity (Wildman–Crippen MR) is 92.8 cm³/mol. The number of carbonyl (C=O) groups excluding carboxylic acids is 1. The lowest BCUT2D eigenvalue weighted by Crippen LogP contribution is -2.51. The molecule has 2 atom stereocenters. The monoisotopic (exact) mass is 335 g/mol. The van der Waals surface area contributed by atoms with E-state index in [2.05, 4.69) is 5.32 Å². The Kier molecular flexibility index (Phi) is 5.23. The quantitative estimate of drug-likeness (QED) is 0.893. The average molecular weight is 335 g/mol. The highest BCUT2D eigenvalue weighted by Crippen LogP contribution is 2.27. The van der Waals surface area contributed by atoms with E-state index in [1.54, 1.807) is 17.0 Å². The molecule has 0 aromatic heterocycles. The lowest BCUT2D eigenvalue weighted by atomic mass is 9.91. The number of hydrogen-bond donors (Lipinski definition) is 2. The largest absolute Gasteiger partial charge is 0.394 e. The molecule has 2 heterocycles. The van der Waals surface area contributed by atoms with Gasteiger partial charge in [-0.1, -0.05) is 6.92 Å². The van der Waals surface area contributed by atoms with Crippen LogP contribution in [0.4, 0.5) is 20.6 Å². The van der Waals surface area contributed by atoms with Crippen molar-refractivity contribution in [3.8, 4) is 0 Å². The third kappa shape index (κ3) is 3.48. The number of anilines is 2. The van der Waals surface area contributed by atoms with Crippen molar-refractivity contribution in [1.29, 1.82) is 0 Å². The third-order valence-corrected chi connectivity index (χ3v) is 5.21. The number of benzene rings is 1. The van der Waals surface area contributed by atoms with Crippen molar-refractivity contribution < 1.29 is 14.3 Å². The minimum Gasteiger partial charge on any atom is -0.394 e. The smallest absolute Gasteiger partial charge is 0.322 e. The number of piperidine rings is 1. The Morgan fingerprint density at radius 1 is 1.29 bits per heavy atom. The average Bonchev–Trinajstić information content (AvgIpc) is 3.09. The van der Waals surface area contributed by atoms with Gasteiger partial charge in [-0.2, -0.15) is 0 Å². The number of nitrogens with zero attached hydrogens (tertiary/aromatic N) is 2. The Morgan fingerprint density at radius 3 is 2.71 bits per heavy atom. The zero-order valence-electron chi connectivity index (χ0n) is 14.2. The van der Waals surface area contributed by atoms with E-state index in [1.165, 1.54) is 6.07 Å². The highest BCUT2D eigenvalue weighted by atomic mass is 19.1. The van der Waals surface area contributed by atoms with E-state index in [1.807, 2.05) is 11.8 Å². The zero-order valence-corrected chi connectivity index (χ0v) is 14.2. The molecule has 2 aliphatic heterocycles. The molecule has 24 heavy (non-hydrogen) atoms. The van der Waals surface area contributed by atoms with Crippen LogP contribution >= 0.6 is 0 Å². The number of rotatable bonds is 3. The summed E-state index contributed by atoms with van der Waals surface area (Å²) in [6, 6.07) is 4.42. The molecule has 2 saturated heterocycles. The van der Waals surface area contributed by atoms with Crippen LogP contribution in [0.3, 0.4) is 0 Å². The molecule has 0 saturated carbocycles. The van der Waals surface area contributed by atoms with Crippen molar-refractivity contribution in [2.45, 2.75) is 38.6 Å². The second-order valence-electron chi connectivity index (χ2n) is 6.85. The first-order valence-corrected chi connectivity index (χ1v) is 8.83. The maximum atomic E-state index is 14.4. The number of carbonyl (C=O) groups is 1. The summed E-state index contributed by atoms with van der Waals surface area (Å²) in [5, 5.41) is 12.3. The Bertz CT molecular complexity index is 590. The molecule has 0 bridgehead atoms. The first-order chi connectivity index (χ1) is 11.6. The van der Waals surface area contributed by atoms with Gasteiger partial charge >= 0.3 is 6.03 Å². The molecule has 0 spiro atoms. The topological polar surface area (TPSA) is 55.8 Å². The van der Waals surface area contributed by atoms with Crippen molar-refractivity contribution in [1.82, 2.24) is 4.90 Å². The Hall–Kier alpha value is -1.82. The van der Waals surface area contributed by atoms with E-state index < -0.39 is 0 Å². The first kappa shape index (κ1) is 17.0. The fourth-order valence-electron chi connectivity index (χ4n) is 3.77. The van der Waals surface area contributed by atoms with Crippen LogP contribution < -0.4 is 10.2 Å². The number of halogens is 1. The highest BCUT2D eigenvalue weighted by Gasteiger charge is 2.31. The summed E-state index contributed by atoms with van der Waals surface area (Å²) >= 11 is 0. The van der Waals surface area contributed by atoms with Gasteiger partial charge in [-0.3, -0.25) is 0 Å². The number of amides is 2. The van der Waals surface area contributed by atoms with Crippen molar-refractivity contribution >= 4 is 17.4 Å². The molecular formula is C18H26FN3O2. The lowest BCUT2D eigenvalue weighted by Gasteiger charge is -2.38. The van der Waals surface area contributed by atoms with Gasteiger partial charge in [0.1, 0.15) is 5.82 Å². The van der Waals surface area contributed by atoms with Gasteiger partial charge in [0.2, 0.25) is 0 Å². The van der Waals surface area contributed by atoms with Crippen LogP contribution in [0.15, 0.2) is 18.2 Å². The number of aliphatic hydroxyl groups excluding tert-OH is 1. The van der Waals surface area contributed by atoms with Crippen LogP contribution in [-0.4, -0.2) is 48.3 Å². The molecule has 0 radical (unpaired) electrons. The van der Waals surface area contributed by atoms with Crippen molar-refractivity contribution in [2.75, 3.05) is 36.5 Å².